The number of rotatable bonds is 5. The van der Waals surface area contributed by atoms with Crippen LogP contribution >= 0.6 is 0 Å². The van der Waals surface area contributed by atoms with Crippen LogP contribution in [0.1, 0.15) is 28.9 Å². The van der Waals surface area contributed by atoms with Gasteiger partial charge in [-0.3, -0.25) is 9.69 Å². The summed E-state index contributed by atoms with van der Waals surface area (Å²) >= 11 is 0. The number of fused-ring (bicyclic) bond motifs is 1. The molecule has 1 saturated heterocycles. The maximum atomic E-state index is 13.3. The largest absolute Gasteiger partial charge is 0.504 e. The molecule has 0 spiro atoms. The van der Waals surface area contributed by atoms with Crippen molar-refractivity contribution in [2.45, 2.75) is 25.9 Å². The standard InChI is InChI=1S/C21H23FN2O3/c1-13-2-4-16(5-3-13)27-17-8-14-10-24(11-15(14)9-17)12-20(26)18-6-7-19(25)21(22)23-18/h2-7,14-15,17,25H,8-12H2,1H3/t14-,15+,17?. The van der Waals surface area contributed by atoms with Crippen LogP contribution in [0.5, 0.6) is 11.5 Å². The molecule has 2 fully saturated rings. The maximum Gasteiger partial charge on any atom is 0.255 e. The number of aromatic hydroxyl groups is 1. The van der Waals surface area contributed by atoms with Gasteiger partial charge in [-0.05, 0) is 55.9 Å². The highest BCUT2D eigenvalue weighted by molar-refractivity contribution is 5.95. The lowest BCUT2D eigenvalue weighted by molar-refractivity contribution is 0.0930. The van der Waals surface area contributed by atoms with Gasteiger partial charge in [0.2, 0.25) is 0 Å². The number of Topliss-reactive ketones (excluding diaryl/α,β-unsaturated/α-hetero) is 1. The van der Waals surface area contributed by atoms with E-state index in [-0.39, 0.29) is 24.1 Å². The zero-order chi connectivity index (χ0) is 19.0. The molecule has 1 aliphatic heterocycles. The Labute approximate surface area is 157 Å². The fourth-order valence-electron chi connectivity index (χ4n) is 4.24. The Hall–Kier alpha value is -2.47. The third-order valence-corrected chi connectivity index (χ3v) is 5.59. The first-order chi connectivity index (χ1) is 13.0. The topological polar surface area (TPSA) is 62.7 Å². The van der Waals surface area contributed by atoms with Crippen molar-refractivity contribution in [3.8, 4) is 11.5 Å². The number of hydrogen-bond acceptors (Lipinski definition) is 5. The Balaban J connectivity index is 1.30. The van der Waals surface area contributed by atoms with Gasteiger partial charge in [0.15, 0.2) is 11.5 Å². The summed E-state index contributed by atoms with van der Waals surface area (Å²) < 4.78 is 19.5. The fraction of sp³-hybridized carbons (Fsp3) is 0.429. The molecule has 142 valence electrons. The van der Waals surface area contributed by atoms with Crippen LogP contribution in [0, 0.1) is 24.7 Å². The molecular formula is C21H23FN2O3. The fourth-order valence-corrected chi connectivity index (χ4v) is 4.24. The average molecular weight is 370 g/mol. The quantitative estimate of drug-likeness (QED) is 0.647. The molecule has 3 atom stereocenters. The first-order valence-corrected chi connectivity index (χ1v) is 9.32. The SMILES string of the molecule is Cc1ccc(OC2C[C@@H]3CN(CC(=O)c4ccc(O)c(F)n4)C[C@@H]3C2)cc1. The number of hydrogen-bond donors (Lipinski definition) is 1. The first-order valence-electron chi connectivity index (χ1n) is 9.32. The third kappa shape index (κ3) is 3.95. The van der Waals surface area contributed by atoms with Gasteiger partial charge in [0.05, 0.1) is 12.6 Å². The van der Waals surface area contributed by atoms with Gasteiger partial charge in [0.25, 0.3) is 5.95 Å². The van der Waals surface area contributed by atoms with Crippen molar-refractivity contribution in [3.63, 3.8) is 0 Å². The van der Waals surface area contributed by atoms with Crippen molar-refractivity contribution in [2.75, 3.05) is 19.6 Å². The number of aromatic nitrogens is 1. The van der Waals surface area contributed by atoms with Crippen molar-refractivity contribution in [2.24, 2.45) is 11.8 Å². The molecule has 6 heteroatoms. The summed E-state index contributed by atoms with van der Waals surface area (Å²) in [7, 11) is 0. The van der Waals surface area contributed by atoms with Crippen LogP contribution in [0.15, 0.2) is 36.4 Å². The lowest BCUT2D eigenvalue weighted by Gasteiger charge is -2.19. The molecule has 1 aromatic heterocycles. The maximum absolute atomic E-state index is 13.3. The van der Waals surface area contributed by atoms with Crippen LogP contribution < -0.4 is 4.74 Å². The van der Waals surface area contributed by atoms with E-state index in [9.17, 15) is 14.3 Å². The number of likely N-dealkylation sites (tertiary alicyclic amines) is 1. The first kappa shape index (κ1) is 17.9. The van der Waals surface area contributed by atoms with Crippen LogP contribution in [0.25, 0.3) is 0 Å². The molecule has 2 heterocycles. The summed E-state index contributed by atoms with van der Waals surface area (Å²) in [5, 5.41) is 9.19. The predicted octanol–water partition coefficient (Wildman–Crippen LogP) is 3.21. The van der Waals surface area contributed by atoms with Crippen molar-refractivity contribution in [1.82, 2.24) is 9.88 Å². The zero-order valence-corrected chi connectivity index (χ0v) is 15.3. The van der Waals surface area contributed by atoms with Gasteiger partial charge in [-0.1, -0.05) is 17.7 Å². The summed E-state index contributed by atoms with van der Waals surface area (Å²) in [5.41, 5.74) is 1.27. The molecule has 1 unspecified atom stereocenters. The minimum absolute atomic E-state index is 0.0583. The Kier molecular flexibility index (Phi) is 4.83. The van der Waals surface area contributed by atoms with Gasteiger partial charge in [-0.25, -0.2) is 4.98 Å². The van der Waals surface area contributed by atoms with Gasteiger partial charge >= 0.3 is 0 Å². The highest BCUT2D eigenvalue weighted by atomic mass is 19.1. The van der Waals surface area contributed by atoms with E-state index in [1.165, 1.54) is 17.7 Å². The molecule has 4 rings (SSSR count). The molecular weight excluding hydrogens is 347 g/mol. The number of halogens is 1. The number of ether oxygens (including phenoxy) is 1. The smallest absolute Gasteiger partial charge is 0.255 e. The van der Waals surface area contributed by atoms with E-state index in [4.69, 9.17) is 4.74 Å². The van der Waals surface area contributed by atoms with Crippen molar-refractivity contribution < 1.29 is 19.0 Å². The van der Waals surface area contributed by atoms with E-state index in [1.54, 1.807) is 0 Å². The Bertz CT molecular complexity index is 826. The lowest BCUT2D eigenvalue weighted by atomic mass is 10.0. The van der Waals surface area contributed by atoms with Crippen molar-refractivity contribution >= 4 is 5.78 Å². The number of nitrogens with zero attached hydrogens (tertiary/aromatic N) is 2. The highest BCUT2D eigenvalue weighted by Gasteiger charge is 2.42. The van der Waals surface area contributed by atoms with Crippen LogP contribution in [-0.4, -0.2) is 46.5 Å². The van der Waals surface area contributed by atoms with Gasteiger partial charge in [0, 0.05) is 13.1 Å². The van der Waals surface area contributed by atoms with Gasteiger partial charge in [0.1, 0.15) is 11.4 Å². The second kappa shape index (κ2) is 7.27. The Morgan fingerprint density at radius 3 is 2.48 bits per heavy atom. The predicted molar refractivity (Wildman–Crippen MR) is 98.4 cm³/mol. The van der Waals surface area contributed by atoms with E-state index < -0.39 is 11.7 Å². The normalized spacial score (nSPS) is 24.7. The average Bonchev–Trinajstić information content (AvgIpc) is 3.17. The van der Waals surface area contributed by atoms with Crippen molar-refractivity contribution in [3.05, 3.63) is 53.6 Å². The molecule has 0 amide bonds. The lowest BCUT2D eigenvalue weighted by Crippen LogP contribution is -2.30. The van der Waals surface area contributed by atoms with Gasteiger partial charge in [-0.15, -0.1) is 0 Å². The number of benzene rings is 1. The highest BCUT2D eigenvalue weighted by Crippen LogP contribution is 2.39. The number of ketones is 1. The summed E-state index contributed by atoms with van der Waals surface area (Å²) in [6, 6.07) is 10.7. The van der Waals surface area contributed by atoms with Crippen LogP contribution in [0.3, 0.4) is 0 Å². The molecule has 0 radical (unpaired) electrons. The molecule has 1 aliphatic carbocycles. The molecule has 1 N–H and O–H groups in total. The number of pyridine rings is 1. The molecule has 2 aliphatic rings. The molecule has 27 heavy (non-hydrogen) atoms. The van der Waals surface area contributed by atoms with E-state index in [0.717, 1.165) is 31.7 Å². The van der Waals surface area contributed by atoms with Crippen LogP contribution in [0.4, 0.5) is 4.39 Å². The minimum Gasteiger partial charge on any atom is -0.504 e. The monoisotopic (exact) mass is 370 g/mol. The minimum atomic E-state index is -1.00. The summed E-state index contributed by atoms with van der Waals surface area (Å²) in [4.78, 5) is 18.0. The van der Waals surface area contributed by atoms with E-state index >= 15 is 0 Å². The summed E-state index contributed by atoms with van der Waals surface area (Å²) in [6.45, 7) is 3.99. The van der Waals surface area contributed by atoms with E-state index in [0.29, 0.717) is 11.8 Å². The molecule has 2 aromatic rings. The number of carbonyl (C=O) groups excluding carboxylic acids is 1. The van der Waals surface area contributed by atoms with Gasteiger partial charge in [-0.2, -0.15) is 4.39 Å². The van der Waals surface area contributed by atoms with Crippen LogP contribution in [0.2, 0.25) is 0 Å². The molecule has 0 bridgehead atoms. The zero-order valence-electron chi connectivity index (χ0n) is 15.3. The Morgan fingerprint density at radius 2 is 1.85 bits per heavy atom. The Morgan fingerprint density at radius 1 is 1.19 bits per heavy atom. The van der Waals surface area contributed by atoms with Crippen LogP contribution in [-0.2, 0) is 0 Å². The summed E-state index contributed by atoms with van der Waals surface area (Å²) in [5.74, 6) is 0.201. The van der Waals surface area contributed by atoms with E-state index in [1.807, 2.05) is 12.1 Å². The summed E-state index contributed by atoms with van der Waals surface area (Å²) in [6.07, 6.45) is 2.22. The molecule has 1 aromatic carbocycles. The second-order valence-electron chi connectivity index (χ2n) is 7.67. The third-order valence-electron chi connectivity index (χ3n) is 5.59. The van der Waals surface area contributed by atoms with Crippen molar-refractivity contribution in [1.29, 1.82) is 0 Å². The number of carbonyl (C=O) groups is 1. The van der Waals surface area contributed by atoms with Gasteiger partial charge < -0.3 is 9.84 Å². The second-order valence-corrected chi connectivity index (χ2v) is 7.67. The molecule has 1 saturated carbocycles. The molecule has 5 nitrogen and oxygen atoms in total. The van der Waals surface area contributed by atoms with E-state index in [2.05, 4.69) is 28.9 Å². The number of aryl methyl sites for hydroxylation is 1.